The van der Waals surface area contributed by atoms with Crippen molar-refractivity contribution in [2.24, 2.45) is 0 Å². The molecule has 3 amide bonds. The summed E-state index contributed by atoms with van der Waals surface area (Å²) in [6, 6.07) is 6.23. The number of amides is 3. The summed E-state index contributed by atoms with van der Waals surface area (Å²) in [5, 5.41) is 5.00. The first kappa shape index (κ1) is 18.4. The summed E-state index contributed by atoms with van der Waals surface area (Å²) in [4.78, 5) is 35.8. The minimum atomic E-state index is -1.06. The lowest BCUT2D eigenvalue weighted by Crippen LogP contribution is -2.48. The van der Waals surface area contributed by atoms with E-state index in [9.17, 15) is 14.4 Å². The van der Waals surface area contributed by atoms with Crippen LogP contribution in [0.3, 0.4) is 0 Å². The van der Waals surface area contributed by atoms with Crippen LogP contribution in [0.5, 0.6) is 0 Å². The highest BCUT2D eigenvalue weighted by Gasteiger charge is 2.22. The average Bonchev–Trinajstić information content (AvgIpc) is 2.55. The van der Waals surface area contributed by atoms with E-state index in [1.54, 1.807) is 24.3 Å². The molecule has 0 saturated heterocycles. The van der Waals surface area contributed by atoms with Gasteiger partial charge in [-0.25, -0.2) is 9.59 Å². The second-order valence-corrected chi connectivity index (χ2v) is 6.77. The van der Waals surface area contributed by atoms with Crippen LogP contribution in [0.15, 0.2) is 28.7 Å². The molecule has 7 heteroatoms. The van der Waals surface area contributed by atoms with Gasteiger partial charge >= 0.3 is 12.0 Å². The molecule has 6 nitrogen and oxygen atoms in total. The first-order valence-corrected chi connectivity index (χ1v) is 8.83. The Hall–Kier alpha value is -1.89. The van der Waals surface area contributed by atoms with Crippen molar-refractivity contribution >= 4 is 33.8 Å². The zero-order valence-electron chi connectivity index (χ0n) is 13.5. The summed E-state index contributed by atoms with van der Waals surface area (Å²) in [6.07, 6.45) is 4.14. The maximum atomic E-state index is 12.0. The number of carbonyl (C=O) groups excluding carboxylic acids is 3. The molecule has 1 aliphatic rings. The molecule has 0 bridgehead atoms. The number of hydrogen-bond donors (Lipinski definition) is 2. The van der Waals surface area contributed by atoms with Crippen molar-refractivity contribution in [2.75, 3.05) is 0 Å². The van der Waals surface area contributed by atoms with Gasteiger partial charge in [0.2, 0.25) is 0 Å². The van der Waals surface area contributed by atoms with E-state index in [1.165, 1.54) is 13.3 Å². The molecule has 1 aliphatic carbocycles. The normalized spacial score (nSPS) is 16.1. The zero-order chi connectivity index (χ0) is 17.5. The molecule has 130 valence electrons. The second-order valence-electron chi connectivity index (χ2n) is 5.86. The van der Waals surface area contributed by atoms with Gasteiger partial charge in [-0.3, -0.25) is 10.1 Å². The number of urea groups is 1. The Morgan fingerprint density at radius 1 is 1.21 bits per heavy atom. The quantitative estimate of drug-likeness (QED) is 0.765. The number of ether oxygens (including phenoxy) is 1. The number of imide groups is 1. The molecule has 0 aromatic heterocycles. The van der Waals surface area contributed by atoms with Crippen molar-refractivity contribution < 1.29 is 19.1 Å². The van der Waals surface area contributed by atoms with Crippen LogP contribution in [-0.2, 0) is 9.53 Å². The molecule has 24 heavy (non-hydrogen) atoms. The summed E-state index contributed by atoms with van der Waals surface area (Å²) in [6.45, 7) is 1.43. The van der Waals surface area contributed by atoms with Crippen LogP contribution in [0.25, 0.3) is 0 Å². The molecule has 1 atom stereocenters. The Kier molecular flexibility index (Phi) is 6.78. The first-order valence-electron chi connectivity index (χ1n) is 8.03. The average molecular weight is 397 g/mol. The first-order chi connectivity index (χ1) is 11.5. The minimum absolute atomic E-state index is 0.103. The lowest BCUT2D eigenvalue weighted by molar-refractivity contribution is -0.127. The van der Waals surface area contributed by atoms with E-state index in [0.717, 1.165) is 30.2 Å². The molecular formula is C17H21BrN2O4. The van der Waals surface area contributed by atoms with Crippen molar-refractivity contribution in [1.82, 2.24) is 10.6 Å². The summed E-state index contributed by atoms with van der Waals surface area (Å²) < 4.78 is 5.83. The number of halogens is 1. The molecule has 0 unspecified atom stereocenters. The van der Waals surface area contributed by atoms with E-state index in [1.807, 2.05) is 0 Å². The Balaban J connectivity index is 1.80. The number of nitrogens with one attached hydrogen (secondary N) is 2. The van der Waals surface area contributed by atoms with Crippen molar-refractivity contribution in [3.05, 3.63) is 34.3 Å². The van der Waals surface area contributed by atoms with Crippen molar-refractivity contribution in [2.45, 2.75) is 51.2 Å². The number of benzene rings is 1. The van der Waals surface area contributed by atoms with Crippen LogP contribution in [-0.4, -0.2) is 30.1 Å². The van der Waals surface area contributed by atoms with E-state index < -0.39 is 24.0 Å². The van der Waals surface area contributed by atoms with Gasteiger partial charge in [-0.1, -0.05) is 41.3 Å². The van der Waals surface area contributed by atoms with Crippen molar-refractivity contribution in [1.29, 1.82) is 0 Å². The Morgan fingerprint density at radius 3 is 2.58 bits per heavy atom. The van der Waals surface area contributed by atoms with Crippen LogP contribution >= 0.6 is 15.9 Å². The smallest absolute Gasteiger partial charge is 0.338 e. The van der Waals surface area contributed by atoms with Crippen LogP contribution < -0.4 is 10.6 Å². The molecule has 1 saturated carbocycles. The Bertz CT molecular complexity index is 614. The van der Waals surface area contributed by atoms with Gasteiger partial charge in [0.05, 0.1) is 5.56 Å². The monoisotopic (exact) mass is 396 g/mol. The molecule has 0 spiro atoms. The SMILES string of the molecule is C[C@@H](OC(=O)c1cccc(Br)c1)C(=O)NC(=O)NC1CCCCC1. The molecule has 0 heterocycles. The number of esters is 1. The summed E-state index contributed by atoms with van der Waals surface area (Å²) in [5.74, 6) is -1.27. The predicted octanol–water partition coefficient (Wildman–Crippen LogP) is 3.15. The molecule has 2 N–H and O–H groups in total. The Morgan fingerprint density at radius 2 is 1.92 bits per heavy atom. The fraction of sp³-hybridized carbons (Fsp3) is 0.471. The minimum Gasteiger partial charge on any atom is -0.449 e. The van der Waals surface area contributed by atoms with Gasteiger partial charge in [0.15, 0.2) is 6.10 Å². The lowest BCUT2D eigenvalue weighted by Gasteiger charge is -2.23. The Labute approximate surface area is 149 Å². The van der Waals surface area contributed by atoms with Crippen molar-refractivity contribution in [3.8, 4) is 0 Å². The van der Waals surface area contributed by atoms with Crippen LogP contribution in [0.2, 0.25) is 0 Å². The molecule has 0 radical (unpaired) electrons. The van der Waals surface area contributed by atoms with Gasteiger partial charge in [-0.05, 0) is 38.0 Å². The van der Waals surface area contributed by atoms with Crippen LogP contribution in [0, 0.1) is 0 Å². The zero-order valence-corrected chi connectivity index (χ0v) is 15.1. The van der Waals surface area contributed by atoms with Crippen LogP contribution in [0.1, 0.15) is 49.4 Å². The maximum Gasteiger partial charge on any atom is 0.338 e. The topological polar surface area (TPSA) is 84.5 Å². The van der Waals surface area contributed by atoms with Gasteiger partial charge in [0.1, 0.15) is 0 Å². The third kappa shape index (κ3) is 5.63. The predicted molar refractivity (Wildman–Crippen MR) is 92.6 cm³/mol. The number of hydrogen-bond acceptors (Lipinski definition) is 4. The molecule has 0 aliphatic heterocycles. The number of rotatable bonds is 4. The van der Waals surface area contributed by atoms with Gasteiger partial charge in [0.25, 0.3) is 5.91 Å². The van der Waals surface area contributed by atoms with E-state index in [2.05, 4.69) is 26.6 Å². The third-order valence-corrected chi connectivity index (χ3v) is 4.38. The standard InChI is InChI=1S/C17H21BrN2O4/c1-11(24-16(22)12-6-5-7-13(18)10-12)15(21)20-17(23)19-14-8-3-2-4-9-14/h5-7,10-11,14H,2-4,8-9H2,1H3,(H2,19,20,21,23)/t11-/m1/s1. The molecule has 1 fully saturated rings. The van der Waals surface area contributed by atoms with E-state index >= 15 is 0 Å². The van der Waals surface area contributed by atoms with Gasteiger partial charge in [0, 0.05) is 10.5 Å². The van der Waals surface area contributed by atoms with Gasteiger partial charge in [-0.15, -0.1) is 0 Å². The summed E-state index contributed by atoms with van der Waals surface area (Å²) >= 11 is 3.27. The molecular weight excluding hydrogens is 376 g/mol. The second kappa shape index (κ2) is 8.82. The van der Waals surface area contributed by atoms with Gasteiger partial charge < -0.3 is 10.1 Å². The molecule has 1 aromatic rings. The molecule has 1 aromatic carbocycles. The fourth-order valence-electron chi connectivity index (χ4n) is 2.58. The largest absolute Gasteiger partial charge is 0.449 e. The summed E-state index contributed by atoms with van der Waals surface area (Å²) in [7, 11) is 0. The van der Waals surface area contributed by atoms with Crippen molar-refractivity contribution in [3.63, 3.8) is 0 Å². The fourth-order valence-corrected chi connectivity index (χ4v) is 2.98. The maximum absolute atomic E-state index is 12.0. The summed E-state index contributed by atoms with van der Waals surface area (Å²) in [5.41, 5.74) is 0.329. The highest BCUT2D eigenvalue weighted by atomic mass is 79.9. The molecule has 2 rings (SSSR count). The number of carbonyl (C=O) groups is 3. The lowest BCUT2D eigenvalue weighted by atomic mass is 9.96. The van der Waals surface area contributed by atoms with E-state index in [4.69, 9.17) is 4.74 Å². The van der Waals surface area contributed by atoms with E-state index in [0.29, 0.717) is 5.56 Å². The highest BCUT2D eigenvalue weighted by molar-refractivity contribution is 9.10. The highest BCUT2D eigenvalue weighted by Crippen LogP contribution is 2.17. The van der Waals surface area contributed by atoms with Crippen LogP contribution in [0.4, 0.5) is 4.79 Å². The van der Waals surface area contributed by atoms with Gasteiger partial charge in [-0.2, -0.15) is 0 Å². The van der Waals surface area contributed by atoms with E-state index in [-0.39, 0.29) is 6.04 Å². The third-order valence-electron chi connectivity index (χ3n) is 3.89.